The van der Waals surface area contributed by atoms with Gasteiger partial charge in [0.15, 0.2) is 0 Å². The molecule has 0 saturated carbocycles. The van der Waals surface area contributed by atoms with Crippen molar-refractivity contribution in [1.82, 2.24) is 4.72 Å². The van der Waals surface area contributed by atoms with Gasteiger partial charge in [-0.25, -0.2) is 17.5 Å². The van der Waals surface area contributed by atoms with Crippen molar-refractivity contribution in [2.24, 2.45) is 0 Å². The lowest BCUT2D eigenvalue weighted by molar-refractivity contribution is -0.138. The highest BCUT2D eigenvalue weighted by molar-refractivity contribution is 7.90. The standard InChI is InChI=1S/C15H10ClF4NO4S/c1-8(22)21-26(23,24)10-3-5-14(11(7-10)15(18,19)20)25-9-2-4-13(17)12(16)6-9/h2-7H,1H3,(H,21,22). The van der Waals surface area contributed by atoms with Crippen LogP contribution in [0.25, 0.3) is 0 Å². The number of rotatable bonds is 4. The van der Waals surface area contributed by atoms with Gasteiger partial charge in [0.2, 0.25) is 5.91 Å². The van der Waals surface area contributed by atoms with Crippen LogP contribution < -0.4 is 9.46 Å². The average molecular weight is 412 g/mol. The first kappa shape index (κ1) is 20.0. The molecule has 0 fully saturated rings. The second-order valence-corrected chi connectivity index (χ2v) is 7.08. The van der Waals surface area contributed by atoms with Crippen LogP contribution in [0.2, 0.25) is 5.02 Å². The van der Waals surface area contributed by atoms with Crippen LogP contribution in [0, 0.1) is 5.82 Å². The topological polar surface area (TPSA) is 72.5 Å². The van der Waals surface area contributed by atoms with Gasteiger partial charge in [0, 0.05) is 13.0 Å². The predicted molar refractivity (Wildman–Crippen MR) is 83.9 cm³/mol. The molecule has 2 aromatic rings. The summed E-state index contributed by atoms with van der Waals surface area (Å²) in [7, 11) is -4.47. The molecule has 140 valence electrons. The summed E-state index contributed by atoms with van der Waals surface area (Å²) in [6, 6.07) is 4.87. The number of sulfonamides is 1. The second kappa shape index (κ2) is 7.12. The lowest BCUT2D eigenvalue weighted by Gasteiger charge is -2.15. The van der Waals surface area contributed by atoms with Crippen LogP contribution in [0.4, 0.5) is 17.6 Å². The summed E-state index contributed by atoms with van der Waals surface area (Å²) < 4.78 is 83.3. The molecule has 0 atom stereocenters. The molecular weight excluding hydrogens is 402 g/mol. The molecule has 0 aliphatic heterocycles. The molecule has 1 amide bonds. The first-order valence-electron chi connectivity index (χ1n) is 6.77. The van der Waals surface area contributed by atoms with Gasteiger partial charge in [0.05, 0.1) is 15.5 Å². The van der Waals surface area contributed by atoms with Gasteiger partial charge in [-0.3, -0.25) is 4.79 Å². The summed E-state index contributed by atoms with van der Waals surface area (Å²) in [5.41, 5.74) is -1.40. The Morgan fingerprint density at radius 2 is 1.81 bits per heavy atom. The minimum Gasteiger partial charge on any atom is -0.457 e. The number of nitrogens with one attached hydrogen (secondary N) is 1. The Balaban J connectivity index is 2.50. The number of carbonyl (C=O) groups is 1. The first-order chi connectivity index (χ1) is 11.9. The van der Waals surface area contributed by atoms with Crippen LogP contribution in [0.1, 0.15) is 12.5 Å². The molecule has 0 aromatic heterocycles. The molecule has 0 saturated heterocycles. The van der Waals surface area contributed by atoms with E-state index in [1.165, 1.54) is 0 Å². The molecule has 0 unspecified atom stereocenters. The Hall–Kier alpha value is -2.33. The fourth-order valence-corrected chi connectivity index (χ4v) is 3.09. The zero-order chi connectivity index (χ0) is 19.7. The minimum atomic E-state index is -4.96. The number of alkyl halides is 3. The number of hydrogen-bond acceptors (Lipinski definition) is 4. The number of hydrogen-bond donors (Lipinski definition) is 1. The quantitative estimate of drug-likeness (QED) is 0.768. The SMILES string of the molecule is CC(=O)NS(=O)(=O)c1ccc(Oc2ccc(F)c(Cl)c2)c(C(F)(F)F)c1. The summed E-state index contributed by atoms with van der Waals surface area (Å²) >= 11 is 5.55. The third-order valence-corrected chi connectivity index (χ3v) is 4.68. The Labute approximate surface area is 150 Å². The lowest BCUT2D eigenvalue weighted by Crippen LogP contribution is -2.28. The van der Waals surface area contributed by atoms with Crippen LogP contribution in [-0.2, 0) is 21.0 Å². The van der Waals surface area contributed by atoms with E-state index in [1.54, 1.807) is 4.72 Å². The van der Waals surface area contributed by atoms with E-state index in [9.17, 15) is 30.8 Å². The Kier molecular flexibility index (Phi) is 5.47. The van der Waals surface area contributed by atoms with Gasteiger partial charge in [-0.1, -0.05) is 11.6 Å². The van der Waals surface area contributed by atoms with Crippen molar-refractivity contribution in [3.05, 3.63) is 52.8 Å². The maximum atomic E-state index is 13.3. The van der Waals surface area contributed by atoms with Crippen LogP contribution in [0.15, 0.2) is 41.3 Å². The van der Waals surface area contributed by atoms with Gasteiger partial charge in [0.1, 0.15) is 17.3 Å². The van der Waals surface area contributed by atoms with E-state index < -0.39 is 44.1 Å². The minimum absolute atomic E-state index is 0.181. The Bertz CT molecular complexity index is 961. The number of halogens is 5. The van der Waals surface area contributed by atoms with Crippen LogP contribution >= 0.6 is 11.6 Å². The molecule has 0 heterocycles. The molecule has 0 radical (unpaired) electrons. The van der Waals surface area contributed by atoms with Gasteiger partial charge in [-0.05, 0) is 30.3 Å². The molecule has 0 spiro atoms. The molecule has 1 N–H and O–H groups in total. The molecule has 2 aromatic carbocycles. The summed E-state index contributed by atoms with van der Waals surface area (Å²) in [6.07, 6.45) is -4.96. The number of ether oxygens (including phenoxy) is 1. The number of benzene rings is 2. The van der Waals surface area contributed by atoms with Gasteiger partial charge in [0.25, 0.3) is 10.0 Å². The average Bonchev–Trinajstić information content (AvgIpc) is 2.49. The zero-order valence-corrected chi connectivity index (χ0v) is 14.5. The van der Waals surface area contributed by atoms with Crippen molar-refractivity contribution in [2.45, 2.75) is 18.0 Å². The Morgan fingerprint density at radius 3 is 2.35 bits per heavy atom. The van der Waals surface area contributed by atoms with E-state index in [2.05, 4.69) is 0 Å². The van der Waals surface area contributed by atoms with Gasteiger partial charge in [-0.2, -0.15) is 13.2 Å². The summed E-state index contributed by atoms with van der Waals surface area (Å²) in [5, 5.41) is -0.360. The zero-order valence-electron chi connectivity index (χ0n) is 12.9. The predicted octanol–water partition coefficient (Wildman–Crippen LogP) is 4.12. The number of amides is 1. The van der Waals surface area contributed by atoms with Crippen molar-refractivity contribution >= 4 is 27.5 Å². The molecule has 0 bridgehead atoms. The lowest BCUT2D eigenvalue weighted by atomic mass is 10.2. The smallest absolute Gasteiger partial charge is 0.420 e. The van der Waals surface area contributed by atoms with E-state index in [0.29, 0.717) is 6.07 Å². The first-order valence-corrected chi connectivity index (χ1v) is 8.64. The van der Waals surface area contributed by atoms with Crippen molar-refractivity contribution in [3.63, 3.8) is 0 Å². The maximum absolute atomic E-state index is 13.3. The third kappa shape index (κ3) is 4.64. The van der Waals surface area contributed by atoms with E-state index in [-0.39, 0.29) is 10.8 Å². The molecule has 11 heteroatoms. The maximum Gasteiger partial charge on any atom is 0.420 e. The molecule has 5 nitrogen and oxygen atoms in total. The fourth-order valence-electron chi connectivity index (χ4n) is 1.90. The number of carbonyl (C=O) groups excluding carboxylic acids is 1. The largest absolute Gasteiger partial charge is 0.457 e. The van der Waals surface area contributed by atoms with E-state index in [1.807, 2.05) is 0 Å². The van der Waals surface area contributed by atoms with Crippen LogP contribution in [-0.4, -0.2) is 14.3 Å². The highest BCUT2D eigenvalue weighted by atomic mass is 35.5. The fraction of sp³-hybridized carbons (Fsp3) is 0.133. The van der Waals surface area contributed by atoms with Crippen molar-refractivity contribution in [3.8, 4) is 11.5 Å². The molecular formula is C15H10ClF4NO4S. The summed E-state index contributed by atoms with van der Waals surface area (Å²) in [4.78, 5) is 10.1. The van der Waals surface area contributed by atoms with Gasteiger partial charge >= 0.3 is 6.18 Å². The van der Waals surface area contributed by atoms with Crippen LogP contribution in [0.3, 0.4) is 0 Å². The summed E-state index contributed by atoms with van der Waals surface area (Å²) in [6.45, 7) is 0.901. The van der Waals surface area contributed by atoms with E-state index in [4.69, 9.17) is 16.3 Å². The third-order valence-electron chi connectivity index (χ3n) is 2.96. The van der Waals surface area contributed by atoms with Crippen molar-refractivity contribution < 1.29 is 35.5 Å². The van der Waals surface area contributed by atoms with Gasteiger partial charge < -0.3 is 4.74 Å². The molecule has 2 rings (SSSR count). The second-order valence-electron chi connectivity index (χ2n) is 5.00. The van der Waals surface area contributed by atoms with Gasteiger partial charge in [-0.15, -0.1) is 0 Å². The molecule has 0 aliphatic carbocycles. The molecule has 26 heavy (non-hydrogen) atoms. The monoisotopic (exact) mass is 411 g/mol. The molecule has 0 aliphatic rings. The van der Waals surface area contributed by atoms with Crippen molar-refractivity contribution in [2.75, 3.05) is 0 Å². The van der Waals surface area contributed by atoms with Crippen molar-refractivity contribution in [1.29, 1.82) is 0 Å². The van der Waals surface area contributed by atoms with Crippen LogP contribution in [0.5, 0.6) is 11.5 Å². The highest BCUT2D eigenvalue weighted by Crippen LogP contribution is 2.39. The van der Waals surface area contributed by atoms with E-state index in [0.717, 1.165) is 37.3 Å². The summed E-state index contributed by atoms with van der Waals surface area (Å²) in [5.74, 6) is -2.65. The Morgan fingerprint density at radius 1 is 1.15 bits per heavy atom. The normalized spacial score (nSPS) is 11.9. The highest BCUT2D eigenvalue weighted by Gasteiger charge is 2.36. The van der Waals surface area contributed by atoms with E-state index >= 15 is 0 Å².